The zero-order valence-electron chi connectivity index (χ0n) is 22.4. The van der Waals surface area contributed by atoms with E-state index in [9.17, 15) is 31.9 Å². The number of nitrogens with one attached hydrogen (secondary N) is 4. The molecule has 0 saturated carbocycles. The molecule has 1 aliphatic rings. The lowest BCUT2D eigenvalue weighted by Gasteiger charge is -2.13. The Morgan fingerprint density at radius 1 is 1.00 bits per heavy atom. The molecular formula is C29H21F4N5O5. The maximum Gasteiger partial charge on any atom is 0.420 e. The Kier molecular flexibility index (Phi) is 7.59. The Bertz CT molecular complexity index is 1780. The second-order valence-corrected chi connectivity index (χ2v) is 9.19. The zero-order valence-corrected chi connectivity index (χ0v) is 22.4. The first kappa shape index (κ1) is 28.9. The molecule has 2 aromatic heterocycles. The molecule has 0 atom stereocenters. The smallest absolute Gasteiger partial charge is 0.420 e. The van der Waals surface area contributed by atoms with Crippen molar-refractivity contribution in [3.8, 4) is 11.5 Å². The lowest BCUT2D eigenvalue weighted by molar-refractivity contribution is -0.137. The summed E-state index contributed by atoms with van der Waals surface area (Å²) in [6, 6.07) is 11.3. The molecule has 3 heterocycles. The number of rotatable bonds is 6. The van der Waals surface area contributed by atoms with E-state index in [0.29, 0.717) is 11.5 Å². The first-order valence-electron chi connectivity index (χ1n) is 12.5. The molecule has 0 fully saturated rings. The van der Waals surface area contributed by atoms with Crippen LogP contribution in [0.5, 0.6) is 11.5 Å². The summed E-state index contributed by atoms with van der Waals surface area (Å²) < 4.78 is 66.8. The Balaban J connectivity index is 1.34. The molecule has 0 saturated heterocycles. The summed E-state index contributed by atoms with van der Waals surface area (Å²) in [6.07, 6.45) is -2.60. The number of aromatic nitrogens is 2. The van der Waals surface area contributed by atoms with Crippen molar-refractivity contribution >= 4 is 46.6 Å². The zero-order chi connectivity index (χ0) is 30.9. The maximum absolute atomic E-state index is 14.2. The summed E-state index contributed by atoms with van der Waals surface area (Å²) in [5.74, 6) is -1.37. The number of benzene rings is 2. The van der Waals surface area contributed by atoms with E-state index in [0.717, 1.165) is 18.2 Å². The molecule has 3 amide bonds. The molecule has 0 unspecified atom stereocenters. The number of alkyl halides is 3. The van der Waals surface area contributed by atoms with Gasteiger partial charge in [0.2, 0.25) is 0 Å². The van der Waals surface area contributed by atoms with Gasteiger partial charge in [-0.3, -0.25) is 4.79 Å². The Morgan fingerprint density at radius 2 is 1.74 bits per heavy atom. The predicted molar refractivity (Wildman–Crippen MR) is 148 cm³/mol. The number of methoxy groups -OCH3 is 1. The van der Waals surface area contributed by atoms with Gasteiger partial charge in [0.15, 0.2) is 5.69 Å². The fourth-order valence-corrected chi connectivity index (χ4v) is 4.37. The molecule has 2 aromatic carbocycles. The predicted octanol–water partition coefficient (Wildman–Crippen LogP) is 6.59. The van der Waals surface area contributed by atoms with Crippen LogP contribution in [0.15, 0.2) is 60.8 Å². The fourth-order valence-electron chi connectivity index (χ4n) is 4.37. The van der Waals surface area contributed by atoms with Crippen molar-refractivity contribution in [1.29, 1.82) is 0 Å². The molecule has 0 aliphatic carbocycles. The minimum Gasteiger partial charge on any atom is -0.464 e. The number of hydrogen-bond acceptors (Lipinski definition) is 6. The van der Waals surface area contributed by atoms with Gasteiger partial charge in [-0.1, -0.05) is 0 Å². The largest absolute Gasteiger partial charge is 0.464 e. The first-order chi connectivity index (χ1) is 20.4. The van der Waals surface area contributed by atoms with Crippen LogP contribution in [0.2, 0.25) is 0 Å². The summed E-state index contributed by atoms with van der Waals surface area (Å²) >= 11 is 0. The van der Waals surface area contributed by atoms with Crippen LogP contribution in [-0.2, 0) is 15.7 Å². The molecule has 4 N–H and O–H groups in total. The highest BCUT2D eigenvalue weighted by molar-refractivity contribution is 6.35. The van der Waals surface area contributed by atoms with Crippen LogP contribution >= 0.6 is 0 Å². The van der Waals surface area contributed by atoms with Gasteiger partial charge in [-0.15, -0.1) is 0 Å². The second kappa shape index (κ2) is 11.3. The third kappa shape index (κ3) is 6.17. The number of anilines is 3. The molecule has 4 aromatic rings. The van der Waals surface area contributed by atoms with Gasteiger partial charge in [-0.2, -0.15) is 13.2 Å². The van der Waals surface area contributed by atoms with E-state index in [1.54, 1.807) is 0 Å². The number of halogens is 4. The first-order valence-corrected chi connectivity index (χ1v) is 12.5. The number of carbonyl (C=O) groups excluding carboxylic acids is 3. The average Bonchev–Trinajstić information content (AvgIpc) is 3.44. The number of H-pyrrole nitrogens is 1. The standard InChI is InChI=1S/C29H21F4N5O5/c1-14-25(24(29(31,32)33)22(35-14)13-20-19-11-15(30)3-8-21(19)37-26(20)39)38-28(41)36-16-4-6-17(7-5-16)43-18-9-10-34-23(12-18)27(40)42-2/h3-13,35H,1-2H3,(H,37,39)(H2,36,38,41)/b20-13-. The van der Waals surface area contributed by atoms with Gasteiger partial charge in [0.05, 0.1) is 24.1 Å². The van der Waals surface area contributed by atoms with E-state index in [-0.39, 0.29) is 33.9 Å². The number of urea groups is 1. The Hall–Kier alpha value is -5.66. The summed E-state index contributed by atoms with van der Waals surface area (Å²) in [4.78, 5) is 43.3. The minimum absolute atomic E-state index is 0.0281. The van der Waals surface area contributed by atoms with Crippen molar-refractivity contribution in [1.82, 2.24) is 9.97 Å². The van der Waals surface area contributed by atoms with E-state index in [1.807, 2.05) is 0 Å². The van der Waals surface area contributed by atoms with Crippen LogP contribution in [0, 0.1) is 12.7 Å². The number of pyridine rings is 1. The minimum atomic E-state index is -4.93. The number of aromatic amines is 1. The summed E-state index contributed by atoms with van der Waals surface area (Å²) in [5, 5.41) is 7.15. The van der Waals surface area contributed by atoms with Crippen LogP contribution in [0.25, 0.3) is 11.6 Å². The summed E-state index contributed by atoms with van der Waals surface area (Å²) in [5.41, 5.74) is -1.80. The summed E-state index contributed by atoms with van der Waals surface area (Å²) in [7, 11) is 1.22. The van der Waals surface area contributed by atoms with Crippen LogP contribution in [-0.4, -0.2) is 35.0 Å². The number of carbonyl (C=O) groups is 3. The van der Waals surface area contributed by atoms with Gasteiger partial charge >= 0.3 is 18.2 Å². The van der Waals surface area contributed by atoms with Crippen molar-refractivity contribution in [2.24, 2.45) is 0 Å². The number of amides is 3. The molecule has 0 spiro atoms. The molecule has 10 nitrogen and oxygen atoms in total. The maximum atomic E-state index is 14.2. The number of fused-ring (bicyclic) bond motifs is 1. The normalized spacial score (nSPS) is 13.3. The number of esters is 1. The number of ether oxygens (including phenoxy) is 2. The average molecular weight is 596 g/mol. The monoisotopic (exact) mass is 595 g/mol. The highest BCUT2D eigenvalue weighted by Gasteiger charge is 2.39. The van der Waals surface area contributed by atoms with Crippen molar-refractivity contribution < 1.29 is 41.4 Å². The highest BCUT2D eigenvalue weighted by atomic mass is 19.4. The van der Waals surface area contributed by atoms with Crippen molar-refractivity contribution in [3.05, 3.63) is 94.8 Å². The van der Waals surface area contributed by atoms with Gasteiger partial charge in [-0.05, 0) is 61.5 Å². The molecule has 5 rings (SSSR count). The third-order valence-electron chi connectivity index (χ3n) is 6.27. The molecule has 1 aliphatic heterocycles. The van der Waals surface area contributed by atoms with E-state index < -0.39 is 46.8 Å². The molecule has 220 valence electrons. The number of nitrogens with zero attached hydrogens (tertiary/aromatic N) is 1. The van der Waals surface area contributed by atoms with Gasteiger partial charge in [0.25, 0.3) is 5.91 Å². The third-order valence-corrected chi connectivity index (χ3v) is 6.27. The van der Waals surface area contributed by atoms with Gasteiger partial charge in [-0.25, -0.2) is 19.0 Å². The quantitative estimate of drug-likeness (QED) is 0.113. The molecule has 43 heavy (non-hydrogen) atoms. The van der Waals surface area contributed by atoms with Crippen molar-refractivity contribution in [3.63, 3.8) is 0 Å². The van der Waals surface area contributed by atoms with Crippen LogP contribution in [0.1, 0.15) is 33.0 Å². The SMILES string of the molecule is COC(=O)c1cc(Oc2ccc(NC(=O)Nc3c(C)[nH]c(/C=C4\C(=O)Nc5ccc(F)cc54)c3C(F)(F)F)cc2)ccn1. The van der Waals surface area contributed by atoms with Crippen LogP contribution in [0.3, 0.4) is 0 Å². The van der Waals surface area contributed by atoms with Crippen molar-refractivity contribution in [2.45, 2.75) is 13.1 Å². The van der Waals surface area contributed by atoms with E-state index in [4.69, 9.17) is 4.74 Å². The molecule has 0 bridgehead atoms. The van der Waals surface area contributed by atoms with Crippen LogP contribution in [0.4, 0.5) is 39.4 Å². The molecular weight excluding hydrogens is 574 g/mol. The van der Waals surface area contributed by atoms with E-state index >= 15 is 0 Å². The second-order valence-electron chi connectivity index (χ2n) is 9.19. The number of hydrogen-bond donors (Lipinski definition) is 4. The van der Waals surface area contributed by atoms with Crippen LogP contribution < -0.4 is 20.7 Å². The molecule has 14 heteroatoms. The van der Waals surface area contributed by atoms with Crippen molar-refractivity contribution in [2.75, 3.05) is 23.1 Å². The van der Waals surface area contributed by atoms with Gasteiger partial charge < -0.3 is 30.4 Å². The van der Waals surface area contributed by atoms with Gasteiger partial charge in [0.1, 0.15) is 22.9 Å². The lowest BCUT2D eigenvalue weighted by Crippen LogP contribution is -2.21. The Morgan fingerprint density at radius 3 is 2.44 bits per heavy atom. The Labute approximate surface area is 240 Å². The van der Waals surface area contributed by atoms with E-state index in [2.05, 4.69) is 30.7 Å². The number of aryl methyl sites for hydroxylation is 1. The topological polar surface area (TPSA) is 134 Å². The summed E-state index contributed by atoms with van der Waals surface area (Å²) in [6.45, 7) is 1.33. The van der Waals surface area contributed by atoms with E-state index in [1.165, 1.54) is 62.7 Å². The molecule has 0 radical (unpaired) electrons. The fraction of sp³-hybridized carbons (Fsp3) is 0.103. The van der Waals surface area contributed by atoms with Gasteiger partial charge in [0, 0.05) is 34.9 Å². The lowest BCUT2D eigenvalue weighted by atomic mass is 10.0. The highest BCUT2D eigenvalue weighted by Crippen LogP contribution is 2.42.